The SMILES string of the molecule is CC(C)(C(=O)Nc1nc(C2CCCCC2)cs1)S(=O)(=O)CC1CCOCC1.CCc1sc(NC(=O)C(C)(C)S(=O)(=O)CC2CCOCC2)nc1-c1ccccc1. The maximum atomic E-state index is 13.0. The summed E-state index contributed by atoms with van der Waals surface area (Å²) >= 11 is 2.77. The van der Waals surface area contributed by atoms with Crippen LogP contribution in [0.15, 0.2) is 35.7 Å². The Labute approximate surface area is 340 Å². The lowest BCUT2D eigenvalue weighted by Crippen LogP contribution is -2.47. The van der Waals surface area contributed by atoms with Gasteiger partial charge >= 0.3 is 0 Å². The first-order valence-electron chi connectivity index (χ1n) is 19.8. The molecule has 0 bridgehead atoms. The van der Waals surface area contributed by atoms with Gasteiger partial charge in [-0.3, -0.25) is 9.59 Å². The van der Waals surface area contributed by atoms with Crippen LogP contribution in [0.5, 0.6) is 0 Å². The second kappa shape index (κ2) is 19.3. The number of aryl methyl sites for hydroxylation is 1. The molecule has 2 amide bonds. The van der Waals surface area contributed by atoms with E-state index in [1.807, 2.05) is 42.6 Å². The van der Waals surface area contributed by atoms with Gasteiger partial charge in [-0.25, -0.2) is 26.8 Å². The Morgan fingerprint density at radius 2 is 1.23 bits per heavy atom. The monoisotopic (exact) mass is 850 g/mol. The minimum atomic E-state index is -3.63. The number of anilines is 2. The Balaban J connectivity index is 0.000000215. The molecule has 16 heteroatoms. The van der Waals surface area contributed by atoms with E-state index >= 15 is 0 Å². The molecule has 310 valence electrons. The summed E-state index contributed by atoms with van der Waals surface area (Å²) in [5.74, 6) is -0.442. The normalized spacial score (nSPS) is 18.2. The minimum absolute atomic E-state index is 0.00409. The Kier molecular flexibility index (Phi) is 15.3. The summed E-state index contributed by atoms with van der Waals surface area (Å²) in [6.45, 7) is 10.3. The molecular weight excluding hydrogens is 793 g/mol. The number of nitrogens with one attached hydrogen (secondary N) is 2. The van der Waals surface area contributed by atoms with E-state index in [0.29, 0.717) is 55.5 Å². The van der Waals surface area contributed by atoms with Crippen molar-refractivity contribution in [3.8, 4) is 11.3 Å². The lowest BCUT2D eigenvalue weighted by molar-refractivity contribution is -0.118. The Morgan fingerprint density at radius 1 is 0.732 bits per heavy atom. The third kappa shape index (κ3) is 11.0. The van der Waals surface area contributed by atoms with Crippen molar-refractivity contribution in [3.05, 3.63) is 46.3 Å². The molecule has 3 aliphatic rings. The smallest absolute Gasteiger partial charge is 0.247 e. The summed E-state index contributed by atoms with van der Waals surface area (Å²) in [6.07, 6.45) is 9.68. The van der Waals surface area contributed by atoms with E-state index in [4.69, 9.17) is 9.47 Å². The number of rotatable bonds is 13. The molecular formula is C40H58N4O8S4. The van der Waals surface area contributed by atoms with Crippen LogP contribution >= 0.6 is 22.7 Å². The Morgan fingerprint density at radius 3 is 1.73 bits per heavy atom. The van der Waals surface area contributed by atoms with Crippen molar-refractivity contribution < 1.29 is 35.9 Å². The summed E-state index contributed by atoms with van der Waals surface area (Å²) < 4.78 is 59.3. The third-order valence-corrected chi connectivity index (χ3v) is 18.5. The summed E-state index contributed by atoms with van der Waals surface area (Å²) in [5.41, 5.74) is 2.83. The molecule has 3 aromatic rings. The number of sulfone groups is 2. The van der Waals surface area contributed by atoms with Gasteiger partial charge in [-0.1, -0.05) is 56.5 Å². The number of hydrogen-bond donors (Lipinski definition) is 2. The predicted octanol–water partition coefficient (Wildman–Crippen LogP) is 7.68. The van der Waals surface area contributed by atoms with Crippen molar-refractivity contribution >= 4 is 64.4 Å². The topological polar surface area (TPSA) is 171 Å². The summed E-state index contributed by atoms with van der Waals surface area (Å²) in [6, 6.07) is 9.77. The van der Waals surface area contributed by atoms with Gasteiger partial charge in [-0.15, -0.1) is 22.7 Å². The van der Waals surface area contributed by atoms with Crippen LogP contribution in [-0.4, -0.2) is 86.0 Å². The lowest BCUT2D eigenvalue weighted by atomic mass is 9.87. The number of hydrogen-bond acceptors (Lipinski definition) is 12. The molecule has 12 nitrogen and oxygen atoms in total. The molecule has 3 fully saturated rings. The molecule has 6 rings (SSSR count). The van der Waals surface area contributed by atoms with Crippen LogP contribution in [0.2, 0.25) is 0 Å². The molecule has 2 aliphatic heterocycles. The first-order valence-corrected chi connectivity index (χ1v) is 24.8. The second-order valence-electron chi connectivity index (χ2n) is 16.0. The predicted molar refractivity (Wildman–Crippen MR) is 225 cm³/mol. The van der Waals surface area contributed by atoms with E-state index in [9.17, 15) is 26.4 Å². The molecule has 2 aromatic heterocycles. The number of carbonyl (C=O) groups is 2. The molecule has 1 aromatic carbocycles. The fourth-order valence-corrected chi connectivity index (χ4v) is 12.2. The minimum Gasteiger partial charge on any atom is -0.381 e. The van der Waals surface area contributed by atoms with E-state index < -0.39 is 41.0 Å². The molecule has 0 spiro atoms. The molecule has 2 N–H and O–H groups in total. The molecule has 0 unspecified atom stereocenters. The maximum absolute atomic E-state index is 13.0. The zero-order valence-electron chi connectivity index (χ0n) is 33.3. The zero-order valence-corrected chi connectivity index (χ0v) is 36.6. The Hall–Kier alpha value is -2.76. The van der Waals surface area contributed by atoms with Gasteiger partial charge in [0.1, 0.15) is 9.49 Å². The van der Waals surface area contributed by atoms with Crippen LogP contribution in [0.25, 0.3) is 11.3 Å². The molecule has 2 saturated heterocycles. The fourth-order valence-electron chi connectivity index (χ4n) is 7.04. The number of thiazole rings is 2. The third-order valence-electron chi connectivity index (χ3n) is 11.3. The van der Waals surface area contributed by atoms with Crippen LogP contribution in [0.1, 0.15) is 109 Å². The summed E-state index contributed by atoms with van der Waals surface area (Å²) in [7, 11) is -7.21. The summed E-state index contributed by atoms with van der Waals surface area (Å²) in [4.78, 5) is 35.9. The molecule has 0 atom stereocenters. The van der Waals surface area contributed by atoms with E-state index in [-0.39, 0.29) is 23.3 Å². The highest BCUT2D eigenvalue weighted by atomic mass is 32.2. The number of carbonyl (C=O) groups excluding carboxylic acids is 2. The van der Waals surface area contributed by atoms with Gasteiger partial charge in [-0.2, -0.15) is 0 Å². The van der Waals surface area contributed by atoms with Gasteiger partial charge in [0, 0.05) is 48.2 Å². The number of aromatic nitrogens is 2. The van der Waals surface area contributed by atoms with Crippen LogP contribution in [0, 0.1) is 11.8 Å². The van der Waals surface area contributed by atoms with Crippen LogP contribution in [0.4, 0.5) is 10.3 Å². The number of nitrogens with zero attached hydrogens (tertiary/aromatic N) is 2. The largest absolute Gasteiger partial charge is 0.381 e. The maximum Gasteiger partial charge on any atom is 0.247 e. The first kappa shape index (κ1) is 44.3. The highest BCUT2D eigenvalue weighted by molar-refractivity contribution is 7.93. The van der Waals surface area contributed by atoms with Gasteiger partial charge in [0.15, 0.2) is 29.9 Å². The lowest BCUT2D eigenvalue weighted by Gasteiger charge is -2.28. The van der Waals surface area contributed by atoms with Crippen molar-refractivity contribution in [1.82, 2.24) is 9.97 Å². The van der Waals surface area contributed by atoms with Crippen LogP contribution < -0.4 is 10.6 Å². The van der Waals surface area contributed by atoms with Gasteiger partial charge in [0.25, 0.3) is 0 Å². The van der Waals surface area contributed by atoms with Crippen molar-refractivity contribution in [2.45, 2.75) is 114 Å². The zero-order chi connectivity index (χ0) is 40.6. The standard InChI is InChI=1S/C21H28N2O4S2.C19H30N2O4S2/c1-4-17-18(16-8-6-5-7-9-16)22-20(28-17)23-19(24)21(2,3)29(25,26)14-15-10-12-27-13-11-15;1-19(2,27(23,24)13-14-8-10-25-11-9-14)17(22)21-18-20-16(12-26-18)15-6-4-3-5-7-15/h5-9,15H,4,10-14H2,1-3H3,(H,22,23,24);12,14-15H,3-11,13H2,1-2H3,(H,20,21,22). The van der Waals surface area contributed by atoms with Crippen molar-refractivity contribution in [2.75, 3.05) is 48.6 Å². The van der Waals surface area contributed by atoms with E-state index in [0.717, 1.165) is 53.9 Å². The summed E-state index contributed by atoms with van der Waals surface area (Å²) in [5, 5.41) is 8.43. The average molecular weight is 851 g/mol. The Bertz CT molecular complexity index is 1980. The molecule has 56 heavy (non-hydrogen) atoms. The van der Waals surface area contributed by atoms with Crippen molar-refractivity contribution in [3.63, 3.8) is 0 Å². The molecule has 1 aliphatic carbocycles. The van der Waals surface area contributed by atoms with Gasteiger partial charge in [0.05, 0.1) is 22.9 Å². The number of amides is 2. The van der Waals surface area contributed by atoms with E-state index in [2.05, 4.69) is 20.6 Å². The number of ether oxygens (including phenoxy) is 2. The van der Waals surface area contributed by atoms with Gasteiger partial charge in [-0.05, 0) is 84.5 Å². The van der Waals surface area contributed by atoms with Crippen LogP contribution in [-0.2, 0) is 45.2 Å². The number of benzene rings is 1. The second-order valence-corrected chi connectivity index (χ2v) is 23.1. The van der Waals surface area contributed by atoms with E-state index in [1.165, 1.54) is 69.6 Å². The van der Waals surface area contributed by atoms with Crippen molar-refractivity contribution in [2.24, 2.45) is 11.8 Å². The van der Waals surface area contributed by atoms with Gasteiger partial charge in [0.2, 0.25) is 11.8 Å². The molecule has 0 radical (unpaired) electrons. The highest BCUT2D eigenvalue weighted by Crippen LogP contribution is 2.36. The first-order chi connectivity index (χ1) is 26.5. The fraction of sp³-hybridized carbons (Fsp3) is 0.650. The quantitative estimate of drug-likeness (QED) is 0.174. The van der Waals surface area contributed by atoms with Crippen molar-refractivity contribution in [1.29, 1.82) is 0 Å². The van der Waals surface area contributed by atoms with Crippen LogP contribution in [0.3, 0.4) is 0 Å². The van der Waals surface area contributed by atoms with E-state index in [1.54, 1.807) is 0 Å². The molecule has 4 heterocycles. The van der Waals surface area contributed by atoms with Gasteiger partial charge < -0.3 is 20.1 Å². The highest BCUT2D eigenvalue weighted by Gasteiger charge is 2.44. The molecule has 1 saturated carbocycles. The average Bonchev–Trinajstić information content (AvgIpc) is 3.83.